The third kappa shape index (κ3) is 5.48. The van der Waals surface area contributed by atoms with Gasteiger partial charge in [-0.05, 0) is 54.4 Å². The van der Waals surface area contributed by atoms with E-state index in [4.69, 9.17) is 0 Å². The molecule has 29 heavy (non-hydrogen) atoms. The quantitative estimate of drug-likeness (QED) is 0.555. The van der Waals surface area contributed by atoms with Crippen LogP contribution in [0.4, 0.5) is 0 Å². The van der Waals surface area contributed by atoms with Crippen LogP contribution in [0.25, 0.3) is 0 Å². The number of fused-ring (bicyclic) bond motifs is 1. The monoisotopic (exact) mass is 387 g/mol. The number of benzene rings is 2. The average Bonchev–Trinajstić information content (AvgIpc) is 2.76. The predicted molar refractivity (Wildman–Crippen MR) is 116 cm³/mol. The lowest BCUT2D eigenvalue weighted by atomic mass is 9.88. The maximum absolute atomic E-state index is 12.8. The van der Waals surface area contributed by atoms with E-state index in [1.165, 1.54) is 24.0 Å². The summed E-state index contributed by atoms with van der Waals surface area (Å²) in [5.41, 5.74) is 5.21. The van der Waals surface area contributed by atoms with E-state index in [2.05, 4.69) is 36.5 Å². The molecule has 0 aliphatic heterocycles. The maximum Gasteiger partial charge on any atom is 0.263 e. The number of hydrogen-bond acceptors (Lipinski definition) is 3. The Bertz CT molecular complexity index is 911. The van der Waals surface area contributed by atoms with Crippen molar-refractivity contribution < 1.29 is 4.79 Å². The highest BCUT2D eigenvalue weighted by Gasteiger charge is 2.18. The number of nitriles is 1. The minimum absolute atomic E-state index is 0.0918. The summed E-state index contributed by atoms with van der Waals surface area (Å²) in [6.07, 6.45) is 7.15. The van der Waals surface area contributed by atoms with Crippen LogP contribution in [0, 0.1) is 11.3 Å². The first-order valence-electron chi connectivity index (χ1n) is 10.4. The first-order valence-corrected chi connectivity index (χ1v) is 10.4. The standard InChI is InChI=1S/C25H29N3O/c1-3-24(22-14-13-20-11-7-8-12-21(20)15-22)27-25(29)23(16-26)18-28(2)17-19-9-5-4-6-10-19/h4-6,9-10,13-15,18,24H,3,7-8,11-12,17H2,1-2H3,(H,27,29)/b23-18-. The lowest BCUT2D eigenvalue weighted by Crippen LogP contribution is -2.30. The minimum atomic E-state index is -0.322. The van der Waals surface area contributed by atoms with Crippen molar-refractivity contribution in [1.82, 2.24) is 10.2 Å². The van der Waals surface area contributed by atoms with Crippen LogP contribution >= 0.6 is 0 Å². The Morgan fingerprint density at radius 2 is 1.90 bits per heavy atom. The van der Waals surface area contributed by atoms with Gasteiger partial charge in [-0.25, -0.2) is 0 Å². The minimum Gasteiger partial charge on any atom is -0.375 e. The molecule has 0 bridgehead atoms. The summed E-state index contributed by atoms with van der Waals surface area (Å²) in [5.74, 6) is -0.322. The summed E-state index contributed by atoms with van der Waals surface area (Å²) in [6.45, 7) is 2.70. The van der Waals surface area contributed by atoms with E-state index in [0.717, 1.165) is 30.4 Å². The van der Waals surface area contributed by atoms with Gasteiger partial charge in [-0.1, -0.05) is 55.5 Å². The van der Waals surface area contributed by atoms with Crippen molar-refractivity contribution in [3.8, 4) is 6.07 Å². The summed E-state index contributed by atoms with van der Waals surface area (Å²) >= 11 is 0. The van der Waals surface area contributed by atoms with Gasteiger partial charge in [-0.2, -0.15) is 5.26 Å². The molecule has 2 aromatic rings. The fraction of sp³-hybridized carbons (Fsp3) is 0.360. The molecular formula is C25H29N3O. The van der Waals surface area contributed by atoms with E-state index in [0.29, 0.717) is 6.54 Å². The van der Waals surface area contributed by atoms with Gasteiger partial charge in [-0.15, -0.1) is 0 Å². The van der Waals surface area contributed by atoms with Gasteiger partial charge in [0.05, 0.1) is 6.04 Å². The molecule has 3 rings (SSSR count). The number of carbonyl (C=O) groups excluding carboxylic acids is 1. The number of rotatable bonds is 7. The van der Waals surface area contributed by atoms with Gasteiger partial charge in [-0.3, -0.25) is 4.79 Å². The molecule has 0 fully saturated rings. The van der Waals surface area contributed by atoms with E-state index >= 15 is 0 Å². The summed E-state index contributed by atoms with van der Waals surface area (Å²) in [6, 6.07) is 18.5. The molecular weight excluding hydrogens is 358 g/mol. The Morgan fingerprint density at radius 1 is 1.17 bits per heavy atom. The van der Waals surface area contributed by atoms with Crippen LogP contribution < -0.4 is 5.32 Å². The maximum atomic E-state index is 12.8. The molecule has 2 aromatic carbocycles. The summed E-state index contributed by atoms with van der Waals surface area (Å²) in [4.78, 5) is 14.6. The highest BCUT2D eigenvalue weighted by Crippen LogP contribution is 2.26. The van der Waals surface area contributed by atoms with Crippen molar-refractivity contribution in [1.29, 1.82) is 5.26 Å². The van der Waals surface area contributed by atoms with Gasteiger partial charge < -0.3 is 10.2 Å². The molecule has 0 heterocycles. The van der Waals surface area contributed by atoms with Crippen LogP contribution in [0.1, 0.15) is 54.5 Å². The van der Waals surface area contributed by atoms with Crippen molar-refractivity contribution in [3.05, 3.63) is 82.6 Å². The fourth-order valence-corrected chi connectivity index (χ4v) is 3.90. The Hall–Kier alpha value is -3.06. The average molecular weight is 388 g/mol. The van der Waals surface area contributed by atoms with Crippen LogP contribution in [0.15, 0.2) is 60.3 Å². The molecule has 1 aliphatic rings. The third-order valence-electron chi connectivity index (χ3n) is 5.48. The molecule has 150 valence electrons. The van der Waals surface area contributed by atoms with Gasteiger partial charge in [0.1, 0.15) is 11.6 Å². The van der Waals surface area contributed by atoms with Gasteiger partial charge in [0.25, 0.3) is 5.91 Å². The molecule has 1 amide bonds. The van der Waals surface area contributed by atoms with Crippen molar-refractivity contribution in [2.24, 2.45) is 0 Å². The van der Waals surface area contributed by atoms with Gasteiger partial charge in [0, 0.05) is 19.8 Å². The Kier molecular flexibility index (Phi) is 7.08. The van der Waals surface area contributed by atoms with E-state index in [9.17, 15) is 10.1 Å². The van der Waals surface area contributed by atoms with Crippen LogP contribution in [-0.2, 0) is 24.2 Å². The van der Waals surface area contributed by atoms with E-state index in [-0.39, 0.29) is 17.5 Å². The Labute approximate surface area is 173 Å². The van der Waals surface area contributed by atoms with Crippen molar-refractivity contribution in [2.45, 2.75) is 51.6 Å². The molecule has 0 saturated heterocycles. The molecule has 0 radical (unpaired) electrons. The largest absolute Gasteiger partial charge is 0.375 e. The Balaban J connectivity index is 1.69. The molecule has 0 spiro atoms. The molecule has 1 atom stereocenters. The second kappa shape index (κ2) is 9.93. The SMILES string of the molecule is CCC(NC(=O)/C(C#N)=C\N(C)Cc1ccccc1)c1ccc2c(c1)CCCC2. The van der Waals surface area contributed by atoms with Gasteiger partial charge in [0.15, 0.2) is 0 Å². The normalized spacial score (nSPS) is 14.4. The first kappa shape index (κ1) is 20.7. The lowest BCUT2D eigenvalue weighted by Gasteiger charge is -2.22. The zero-order chi connectivity index (χ0) is 20.6. The lowest BCUT2D eigenvalue weighted by molar-refractivity contribution is -0.117. The number of amides is 1. The molecule has 1 unspecified atom stereocenters. The van der Waals surface area contributed by atoms with Gasteiger partial charge >= 0.3 is 0 Å². The topological polar surface area (TPSA) is 56.1 Å². The second-order valence-corrected chi connectivity index (χ2v) is 7.72. The van der Waals surface area contributed by atoms with Crippen molar-refractivity contribution >= 4 is 5.91 Å². The fourth-order valence-electron chi connectivity index (χ4n) is 3.90. The van der Waals surface area contributed by atoms with Crippen molar-refractivity contribution in [2.75, 3.05) is 7.05 Å². The molecule has 1 aliphatic carbocycles. The molecule has 0 saturated carbocycles. The highest BCUT2D eigenvalue weighted by molar-refractivity contribution is 5.97. The number of nitrogens with one attached hydrogen (secondary N) is 1. The number of hydrogen-bond donors (Lipinski definition) is 1. The van der Waals surface area contributed by atoms with E-state index in [1.54, 1.807) is 6.20 Å². The van der Waals surface area contributed by atoms with Crippen molar-refractivity contribution in [3.63, 3.8) is 0 Å². The second-order valence-electron chi connectivity index (χ2n) is 7.72. The van der Waals surface area contributed by atoms with Crippen LogP contribution in [-0.4, -0.2) is 17.9 Å². The molecule has 1 N–H and O–H groups in total. The van der Waals surface area contributed by atoms with Crippen LogP contribution in [0.2, 0.25) is 0 Å². The van der Waals surface area contributed by atoms with Crippen LogP contribution in [0.3, 0.4) is 0 Å². The first-order chi connectivity index (χ1) is 14.1. The zero-order valence-corrected chi connectivity index (χ0v) is 17.3. The number of carbonyl (C=O) groups is 1. The molecule has 0 aromatic heterocycles. The number of nitrogens with zero attached hydrogens (tertiary/aromatic N) is 2. The van der Waals surface area contributed by atoms with Crippen LogP contribution in [0.5, 0.6) is 0 Å². The number of aryl methyl sites for hydroxylation is 2. The summed E-state index contributed by atoms with van der Waals surface area (Å²) < 4.78 is 0. The third-order valence-corrected chi connectivity index (χ3v) is 5.48. The van der Waals surface area contributed by atoms with E-state index in [1.807, 2.05) is 42.3 Å². The highest BCUT2D eigenvalue weighted by atomic mass is 16.1. The Morgan fingerprint density at radius 3 is 2.59 bits per heavy atom. The molecule has 4 nitrogen and oxygen atoms in total. The summed E-state index contributed by atoms with van der Waals surface area (Å²) in [7, 11) is 1.87. The summed E-state index contributed by atoms with van der Waals surface area (Å²) in [5, 5.41) is 12.6. The van der Waals surface area contributed by atoms with Gasteiger partial charge in [0.2, 0.25) is 0 Å². The smallest absolute Gasteiger partial charge is 0.263 e. The zero-order valence-electron chi connectivity index (χ0n) is 17.3. The van der Waals surface area contributed by atoms with E-state index < -0.39 is 0 Å². The molecule has 4 heteroatoms. The predicted octanol–water partition coefficient (Wildman–Crippen LogP) is 4.67.